The lowest BCUT2D eigenvalue weighted by molar-refractivity contribution is -0.118. The number of carbonyl (C=O) groups excluding carboxylic acids is 1. The van der Waals surface area contributed by atoms with Crippen LogP contribution in [0.2, 0.25) is 0 Å². The molecule has 23 heavy (non-hydrogen) atoms. The zero-order valence-electron chi connectivity index (χ0n) is 14.1. The highest BCUT2D eigenvalue weighted by Gasteiger charge is 2.15. The molecule has 1 aromatic carbocycles. The molecule has 0 unspecified atom stereocenters. The summed E-state index contributed by atoms with van der Waals surface area (Å²) in [6.07, 6.45) is 2.48. The van der Waals surface area contributed by atoms with E-state index in [1.807, 2.05) is 45.2 Å². The molecule has 0 bridgehead atoms. The SMILES string of the molecule is CN=C(NCc1ccc(NC(=O)C(C)C)cc1)N1CCCC1.I. The maximum atomic E-state index is 11.7. The highest BCUT2D eigenvalue weighted by atomic mass is 127. The molecule has 1 amide bonds. The van der Waals surface area contributed by atoms with E-state index in [1.54, 1.807) is 0 Å². The summed E-state index contributed by atoms with van der Waals surface area (Å²) in [5.41, 5.74) is 2.01. The van der Waals surface area contributed by atoms with Gasteiger partial charge in [-0.1, -0.05) is 26.0 Å². The van der Waals surface area contributed by atoms with Gasteiger partial charge in [-0.15, -0.1) is 24.0 Å². The van der Waals surface area contributed by atoms with E-state index in [0.717, 1.165) is 31.3 Å². The molecule has 1 aromatic rings. The molecule has 0 aliphatic carbocycles. The minimum atomic E-state index is -0.00914. The Kier molecular flexibility index (Phi) is 8.36. The summed E-state index contributed by atoms with van der Waals surface area (Å²) < 4.78 is 0. The number of amides is 1. The minimum absolute atomic E-state index is 0. The van der Waals surface area contributed by atoms with Crippen molar-refractivity contribution in [3.63, 3.8) is 0 Å². The van der Waals surface area contributed by atoms with Crippen LogP contribution < -0.4 is 10.6 Å². The van der Waals surface area contributed by atoms with Gasteiger partial charge in [-0.25, -0.2) is 0 Å². The van der Waals surface area contributed by atoms with Crippen molar-refractivity contribution < 1.29 is 4.79 Å². The smallest absolute Gasteiger partial charge is 0.226 e. The van der Waals surface area contributed by atoms with Gasteiger partial charge in [-0.2, -0.15) is 0 Å². The molecular weight excluding hydrogens is 403 g/mol. The number of halogens is 1. The molecule has 1 fully saturated rings. The van der Waals surface area contributed by atoms with Crippen molar-refractivity contribution >= 4 is 41.5 Å². The van der Waals surface area contributed by atoms with Crippen LogP contribution in [0.25, 0.3) is 0 Å². The second-order valence-electron chi connectivity index (χ2n) is 5.94. The number of rotatable bonds is 4. The van der Waals surface area contributed by atoms with Crippen LogP contribution in [0.5, 0.6) is 0 Å². The molecular formula is C17H27IN4O. The van der Waals surface area contributed by atoms with E-state index in [0.29, 0.717) is 0 Å². The van der Waals surface area contributed by atoms with E-state index < -0.39 is 0 Å². The van der Waals surface area contributed by atoms with Crippen molar-refractivity contribution in [1.82, 2.24) is 10.2 Å². The Hall–Kier alpha value is -1.31. The number of aliphatic imine (C=N–C) groups is 1. The Bertz CT molecular complexity index is 522. The monoisotopic (exact) mass is 430 g/mol. The molecule has 0 spiro atoms. The van der Waals surface area contributed by atoms with E-state index in [9.17, 15) is 4.79 Å². The molecule has 6 heteroatoms. The largest absolute Gasteiger partial charge is 0.352 e. The first-order valence-corrected chi connectivity index (χ1v) is 7.95. The molecule has 0 atom stereocenters. The molecule has 2 rings (SSSR count). The van der Waals surface area contributed by atoms with E-state index in [1.165, 1.54) is 18.4 Å². The fourth-order valence-corrected chi connectivity index (χ4v) is 2.43. The summed E-state index contributed by atoms with van der Waals surface area (Å²) in [6, 6.07) is 7.94. The summed E-state index contributed by atoms with van der Waals surface area (Å²) in [6.45, 7) is 6.68. The number of benzene rings is 1. The molecule has 2 N–H and O–H groups in total. The Labute approximate surface area is 156 Å². The highest BCUT2D eigenvalue weighted by Crippen LogP contribution is 2.12. The van der Waals surface area contributed by atoms with Crippen molar-refractivity contribution in [2.45, 2.75) is 33.2 Å². The van der Waals surface area contributed by atoms with E-state index in [4.69, 9.17) is 0 Å². The highest BCUT2D eigenvalue weighted by molar-refractivity contribution is 14.0. The third-order valence-electron chi connectivity index (χ3n) is 3.81. The number of nitrogens with one attached hydrogen (secondary N) is 2. The zero-order valence-corrected chi connectivity index (χ0v) is 16.5. The maximum Gasteiger partial charge on any atom is 0.226 e. The molecule has 0 aromatic heterocycles. The van der Waals surface area contributed by atoms with Gasteiger partial charge in [0.1, 0.15) is 0 Å². The maximum absolute atomic E-state index is 11.7. The average molecular weight is 430 g/mol. The Balaban J connectivity index is 0.00000264. The fourth-order valence-electron chi connectivity index (χ4n) is 2.43. The second-order valence-corrected chi connectivity index (χ2v) is 5.94. The van der Waals surface area contributed by atoms with Crippen LogP contribution >= 0.6 is 24.0 Å². The summed E-state index contributed by atoms with van der Waals surface area (Å²) in [5.74, 6) is 1.00. The van der Waals surface area contributed by atoms with Gasteiger partial charge in [0, 0.05) is 38.3 Å². The normalized spacial score (nSPS) is 14.6. The van der Waals surface area contributed by atoms with Gasteiger partial charge in [-0.3, -0.25) is 9.79 Å². The van der Waals surface area contributed by atoms with Crippen LogP contribution in [0, 0.1) is 5.92 Å². The van der Waals surface area contributed by atoms with Crippen LogP contribution in [-0.4, -0.2) is 36.9 Å². The molecule has 0 saturated carbocycles. The summed E-state index contributed by atoms with van der Waals surface area (Å²) in [7, 11) is 1.82. The van der Waals surface area contributed by atoms with E-state index >= 15 is 0 Å². The number of carbonyl (C=O) groups is 1. The summed E-state index contributed by atoms with van der Waals surface area (Å²) in [5, 5.41) is 6.29. The number of anilines is 1. The number of likely N-dealkylation sites (tertiary alicyclic amines) is 1. The third-order valence-corrected chi connectivity index (χ3v) is 3.81. The Morgan fingerprint density at radius 2 is 1.83 bits per heavy atom. The van der Waals surface area contributed by atoms with Gasteiger partial charge in [0.05, 0.1) is 0 Å². The number of guanidine groups is 1. The van der Waals surface area contributed by atoms with Gasteiger partial charge in [0.15, 0.2) is 5.96 Å². The zero-order chi connectivity index (χ0) is 15.9. The molecule has 1 saturated heterocycles. The summed E-state index contributed by atoms with van der Waals surface area (Å²) in [4.78, 5) is 18.3. The molecule has 1 heterocycles. The van der Waals surface area contributed by atoms with Crippen LogP contribution in [-0.2, 0) is 11.3 Å². The van der Waals surface area contributed by atoms with E-state index in [2.05, 4.69) is 20.5 Å². The standard InChI is InChI=1S/C17H26N4O.HI/c1-13(2)16(22)20-15-8-6-14(7-9-15)12-19-17(18-3)21-10-4-5-11-21;/h6-9,13H,4-5,10-12H2,1-3H3,(H,18,19)(H,20,22);1H. The first-order valence-electron chi connectivity index (χ1n) is 7.95. The molecule has 0 radical (unpaired) electrons. The van der Waals surface area contributed by atoms with Gasteiger partial charge in [-0.05, 0) is 30.5 Å². The average Bonchev–Trinajstić information content (AvgIpc) is 3.03. The first-order chi connectivity index (χ1) is 10.6. The number of hydrogen-bond donors (Lipinski definition) is 2. The lowest BCUT2D eigenvalue weighted by Gasteiger charge is -2.20. The third kappa shape index (κ3) is 6.01. The molecule has 1 aliphatic heterocycles. The van der Waals surface area contributed by atoms with Crippen molar-refractivity contribution in [2.75, 3.05) is 25.5 Å². The number of nitrogens with zero attached hydrogens (tertiary/aromatic N) is 2. The van der Waals surface area contributed by atoms with Crippen molar-refractivity contribution in [3.8, 4) is 0 Å². The van der Waals surface area contributed by atoms with Crippen LogP contribution in [0.15, 0.2) is 29.3 Å². The molecule has 128 valence electrons. The topological polar surface area (TPSA) is 56.7 Å². The summed E-state index contributed by atoms with van der Waals surface area (Å²) >= 11 is 0. The lowest BCUT2D eigenvalue weighted by atomic mass is 10.1. The van der Waals surface area contributed by atoms with Gasteiger partial charge >= 0.3 is 0 Å². The second kappa shape index (κ2) is 9.75. The van der Waals surface area contributed by atoms with Crippen LogP contribution in [0.3, 0.4) is 0 Å². The van der Waals surface area contributed by atoms with Crippen LogP contribution in [0.1, 0.15) is 32.3 Å². The predicted octanol–water partition coefficient (Wildman–Crippen LogP) is 3.07. The van der Waals surface area contributed by atoms with E-state index in [-0.39, 0.29) is 35.8 Å². The van der Waals surface area contributed by atoms with Crippen molar-refractivity contribution in [3.05, 3.63) is 29.8 Å². The lowest BCUT2D eigenvalue weighted by Crippen LogP contribution is -2.39. The molecule has 1 aliphatic rings. The first kappa shape index (κ1) is 19.7. The Morgan fingerprint density at radius 1 is 1.22 bits per heavy atom. The quantitative estimate of drug-likeness (QED) is 0.439. The van der Waals surface area contributed by atoms with Gasteiger partial charge in [0.2, 0.25) is 5.91 Å². The Morgan fingerprint density at radius 3 is 2.35 bits per heavy atom. The predicted molar refractivity (Wildman–Crippen MR) is 106 cm³/mol. The minimum Gasteiger partial charge on any atom is -0.352 e. The van der Waals surface area contributed by atoms with Crippen LogP contribution in [0.4, 0.5) is 5.69 Å². The molecule has 5 nitrogen and oxygen atoms in total. The van der Waals surface area contributed by atoms with Gasteiger partial charge in [0.25, 0.3) is 0 Å². The van der Waals surface area contributed by atoms with Crippen molar-refractivity contribution in [2.24, 2.45) is 10.9 Å². The number of hydrogen-bond acceptors (Lipinski definition) is 2. The van der Waals surface area contributed by atoms with Crippen molar-refractivity contribution in [1.29, 1.82) is 0 Å². The fraction of sp³-hybridized carbons (Fsp3) is 0.529. The van der Waals surface area contributed by atoms with Gasteiger partial charge < -0.3 is 15.5 Å².